The van der Waals surface area contributed by atoms with Crippen LogP contribution in [0.5, 0.6) is 0 Å². The molecule has 1 unspecified atom stereocenters. The molecular weight excluding hydrogens is 199 g/mol. The van der Waals surface area contributed by atoms with Gasteiger partial charge in [0.25, 0.3) is 0 Å². The maximum atomic E-state index is 12.8. The van der Waals surface area contributed by atoms with Crippen molar-refractivity contribution in [2.24, 2.45) is 11.3 Å². The summed E-state index contributed by atoms with van der Waals surface area (Å²) in [7, 11) is 0. The van der Waals surface area contributed by atoms with Gasteiger partial charge in [-0.05, 0) is 48.3 Å². The standard InChI is InChI=1S/C15H19F/c1-11-13(8-9-15(11,2)3)10-12-4-6-14(16)7-5-12/h4-7,13H,1,8-10H2,2-3H3. The second-order valence-corrected chi connectivity index (χ2v) is 5.48. The summed E-state index contributed by atoms with van der Waals surface area (Å²) < 4.78 is 12.8. The fourth-order valence-corrected chi connectivity index (χ4v) is 2.55. The normalized spacial score (nSPS) is 23.7. The second kappa shape index (κ2) is 4.04. The lowest BCUT2D eigenvalue weighted by Crippen LogP contribution is -2.10. The smallest absolute Gasteiger partial charge is 0.123 e. The summed E-state index contributed by atoms with van der Waals surface area (Å²) in [5.41, 5.74) is 2.85. The molecule has 0 amide bonds. The van der Waals surface area contributed by atoms with Crippen LogP contribution in [0.2, 0.25) is 0 Å². The van der Waals surface area contributed by atoms with E-state index >= 15 is 0 Å². The van der Waals surface area contributed by atoms with E-state index in [1.807, 2.05) is 12.1 Å². The Balaban J connectivity index is 2.07. The zero-order valence-corrected chi connectivity index (χ0v) is 10.1. The summed E-state index contributed by atoms with van der Waals surface area (Å²) in [5, 5.41) is 0. The van der Waals surface area contributed by atoms with Gasteiger partial charge in [-0.1, -0.05) is 38.1 Å². The van der Waals surface area contributed by atoms with Gasteiger partial charge in [-0.2, -0.15) is 0 Å². The highest BCUT2D eigenvalue weighted by Gasteiger charge is 2.34. The Labute approximate surface area is 97.2 Å². The lowest BCUT2D eigenvalue weighted by atomic mass is 9.84. The molecular formula is C15H19F. The Hall–Kier alpha value is -1.11. The molecule has 1 fully saturated rings. The molecule has 16 heavy (non-hydrogen) atoms. The van der Waals surface area contributed by atoms with E-state index < -0.39 is 0 Å². The average Bonchev–Trinajstić information content (AvgIpc) is 2.49. The lowest BCUT2D eigenvalue weighted by Gasteiger charge is -2.21. The summed E-state index contributed by atoms with van der Waals surface area (Å²) in [5.74, 6) is 0.412. The number of halogens is 1. The molecule has 2 rings (SSSR count). The predicted octanol–water partition coefficient (Wildman–Crippen LogP) is 4.36. The molecule has 0 radical (unpaired) electrons. The van der Waals surface area contributed by atoms with Crippen molar-refractivity contribution < 1.29 is 4.39 Å². The van der Waals surface area contributed by atoms with Crippen molar-refractivity contribution in [3.05, 3.63) is 47.8 Å². The molecule has 1 saturated carbocycles. The first-order chi connectivity index (χ1) is 7.49. The topological polar surface area (TPSA) is 0 Å². The predicted molar refractivity (Wildman–Crippen MR) is 65.7 cm³/mol. The molecule has 1 aliphatic rings. The third kappa shape index (κ3) is 2.18. The first-order valence-corrected chi connectivity index (χ1v) is 5.93. The SMILES string of the molecule is C=C1C(Cc2ccc(F)cc2)CCC1(C)C. The Morgan fingerprint density at radius 1 is 1.31 bits per heavy atom. The molecule has 0 saturated heterocycles. The largest absolute Gasteiger partial charge is 0.207 e. The third-order valence-corrected chi connectivity index (χ3v) is 3.88. The van der Waals surface area contributed by atoms with Crippen LogP contribution in [-0.4, -0.2) is 0 Å². The maximum absolute atomic E-state index is 12.8. The van der Waals surface area contributed by atoms with Crippen LogP contribution in [0.4, 0.5) is 4.39 Å². The zero-order chi connectivity index (χ0) is 11.8. The monoisotopic (exact) mass is 218 g/mol. The summed E-state index contributed by atoms with van der Waals surface area (Å²) in [6.45, 7) is 8.76. The first-order valence-electron chi connectivity index (χ1n) is 5.93. The van der Waals surface area contributed by atoms with E-state index in [-0.39, 0.29) is 11.2 Å². The zero-order valence-electron chi connectivity index (χ0n) is 10.1. The number of hydrogen-bond donors (Lipinski definition) is 0. The van der Waals surface area contributed by atoms with Crippen LogP contribution in [-0.2, 0) is 6.42 Å². The molecule has 1 aromatic carbocycles. The van der Waals surface area contributed by atoms with Crippen LogP contribution in [0.3, 0.4) is 0 Å². The number of rotatable bonds is 2. The average molecular weight is 218 g/mol. The maximum Gasteiger partial charge on any atom is 0.123 e. The van der Waals surface area contributed by atoms with Gasteiger partial charge in [-0.25, -0.2) is 4.39 Å². The van der Waals surface area contributed by atoms with E-state index in [0.717, 1.165) is 6.42 Å². The first kappa shape index (κ1) is 11.4. The van der Waals surface area contributed by atoms with Crippen molar-refractivity contribution >= 4 is 0 Å². The van der Waals surface area contributed by atoms with E-state index in [9.17, 15) is 4.39 Å². The van der Waals surface area contributed by atoms with Crippen LogP contribution in [0.15, 0.2) is 36.4 Å². The molecule has 0 aliphatic heterocycles. The number of allylic oxidation sites excluding steroid dienone is 1. The molecule has 0 heterocycles. The molecule has 0 bridgehead atoms. The van der Waals surface area contributed by atoms with Crippen LogP contribution < -0.4 is 0 Å². The van der Waals surface area contributed by atoms with Crippen molar-refractivity contribution in [1.29, 1.82) is 0 Å². The molecule has 1 heteroatoms. The quantitative estimate of drug-likeness (QED) is 0.647. The van der Waals surface area contributed by atoms with Gasteiger partial charge in [0.1, 0.15) is 5.82 Å². The van der Waals surface area contributed by atoms with Gasteiger partial charge in [0.05, 0.1) is 0 Å². The van der Waals surface area contributed by atoms with Gasteiger partial charge < -0.3 is 0 Å². The molecule has 0 N–H and O–H groups in total. The minimum absolute atomic E-state index is 0.158. The number of benzene rings is 1. The Bertz CT molecular complexity index is 386. The summed E-state index contributed by atoms with van der Waals surface area (Å²) in [4.78, 5) is 0. The Morgan fingerprint density at radius 2 is 1.94 bits per heavy atom. The Kier molecular flexibility index (Phi) is 2.88. The molecule has 86 valence electrons. The minimum atomic E-state index is -0.158. The molecule has 1 atom stereocenters. The highest BCUT2D eigenvalue weighted by molar-refractivity contribution is 5.23. The van der Waals surface area contributed by atoms with Crippen LogP contribution >= 0.6 is 0 Å². The molecule has 0 nitrogen and oxygen atoms in total. The van der Waals surface area contributed by atoms with Gasteiger partial charge in [-0.15, -0.1) is 0 Å². The highest BCUT2D eigenvalue weighted by atomic mass is 19.1. The molecule has 0 spiro atoms. The van der Waals surface area contributed by atoms with E-state index in [1.54, 1.807) is 0 Å². The van der Waals surface area contributed by atoms with Crippen molar-refractivity contribution in [3.8, 4) is 0 Å². The number of hydrogen-bond acceptors (Lipinski definition) is 0. The van der Waals surface area contributed by atoms with Gasteiger partial charge >= 0.3 is 0 Å². The van der Waals surface area contributed by atoms with E-state index in [4.69, 9.17) is 0 Å². The Morgan fingerprint density at radius 3 is 2.44 bits per heavy atom. The van der Waals surface area contributed by atoms with E-state index in [0.29, 0.717) is 5.92 Å². The molecule has 1 aromatic rings. The summed E-state index contributed by atoms with van der Waals surface area (Å²) >= 11 is 0. The van der Waals surface area contributed by atoms with Crippen LogP contribution in [0.25, 0.3) is 0 Å². The minimum Gasteiger partial charge on any atom is -0.207 e. The highest BCUT2D eigenvalue weighted by Crippen LogP contribution is 2.46. The molecule has 0 aromatic heterocycles. The van der Waals surface area contributed by atoms with Gasteiger partial charge in [0, 0.05) is 0 Å². The van der Waals surface area contributed by atoms with Gasteiger partial charge in [0.15, 0.2) is 0 Å². The van der Waals surface area contributed by atoms with Crippen molar-refractivity contribution in [1.82, 2.24) is 0 Å². The van der Waals surface area contributed by atoms with Crippen molar-refractivity contribution in [3.63, 3.8) is 0 Å². The van der Waals surface area contributed by atoms with Gasteiger partial charge in [-0.3, -0.25) is 0 Å². The van der Waals surface area contributed by atoms with Gasteiger partial charge in [0.2, 0.25) is 0 Å². The fraction of sp³-hybridized carbons (Fsp3) is 0.467. The fourth-order valence-electron chi connectivity index (χ4n) is 2.55. The van der Waals surface area contributed by atoms with Crippen LogP contribution in [0.1, 0.15) is 32.3 Å². The second-order valence-electron chi connectivity index (χ2n) is 5.48. The van der Waals surface area contributed by atoms with E-state index in [2.05, 4.69) is 20.4 Å². The van der Waals surface area contributed by atoms with E-state index in [1.165, 1.54) is 36.1 Å². The van der Waals surface area contributed by atoms with Crippen LogP contribution in [0, 0.1) is 17.2 Å². The summed E-state index contributed by atoms with van der Waals surface area (Å²) in [6.07, 6.45) is 3.43. The van der Waals surface area contributed by atoms with Crippen molar-refractivity contribution in [2.45, 2.75) is 33.1 Å². The van der Waals surface area contributed by atoms with Crippen molar-refractivity contribution in [2.75, 3.05) is 0 Å². The lowest BCUT2D eigenvalue weighted by molar-refractivity contribution is 0.462. The third-order valence-electron chi connectivity index (χ3n) is 3.88. The molecule has 1 aliphatic carbocycles. The summed E-state index contributed by atoms with van der Waals surface area (Å²) in [6, 6.07) is 6.85.